The minimum Gasteiger partial charge on any atom is -0.493 e. The molecule has 104 valence electrons. The van der Waals surface area contributed by atoms with Gasteiger partial charge in [-0.2, -0.15) is 9.78 Å². The number of aromatic hydroxyl groups is 1. The summed E-state index contributed by atoms with van der Waals surface area (Å²) in [6.07, 6.45) is 3.74. The largest absolute Gasteiger partial charge is 0.493 e. The number of aromatic nitrogens is 3. The Labute approximate surface area is 116 Å². The van der Waals surface area contributed by atoms with Gasteiger partial charge in [0.2, 0.25) is 5.88 Å². The number of hydrogen-bond acceptors (Lipinski definition) is 5. The average Bonchev–Trinajstić information content (AvgIpc) is 3.07. The van der Waals surface area contributed by atoms with Crippen LogP contribution in [-0.2, 0) is 22.3 Å². The van der Waals surface area contributed by atoms with Crippen molar-refractivity contribution < 1.29 is 14.6 Å². The summed E-state index contributed by atoms with van der Waals surface area (Å²) in [4.78, 5) is 4.22. The predicted molar refractivity (Wildman–Crippen MR) is 69.7 cm³/mol. The van der Waals surface area contributed by atoms with Crippen LogP contribution < -0.4 is 0 Å². The van der Waals surface area contributed by atoms with Gasteiger partial charge in [-0.3, -0.25) is 0 Å². The van der Waals surface area contributed by atoms with Gasteiger partial charge in [0.1, 0.15) is 0 Å². The van der Waals surface area contributed by atoms with Gasteiger partial charge in [-0.15, -0.1) is 0 Å². The molecule has 0 unspecified atom stereocenters. The van der Waals surface area contributed by atoms with Gasteiger partial charge in [-0.05, 0) is 18.6 Å². The highest BCUT2D eigenvalue weighted by Crippen LogP contribution is 2.39. The Bertz CT molecular complexity index is 633. The van der Waals surface area contributed by atoms with Crippen LogP contribution in [0.25, 0.3) is 5.82 Å². The molecule has 1 fully saturated rings. The molecule has 1 aliphatic carbocycles. The van der Waals surface area contributed by atoms with E-state index in [0.29, 0.717) is 25.5 Å². The molecular formula is C14H15N3O3. The smallest absolute Gasteiger partial charge is 0.219 e. The van der Waals surface area contributed by atoms with Gasteiger partial charge < -0.3 is 14.6 Å². The lowest BCUT2D eigenvalue weighted by molar-refractivity contribution is -0.164. The summed E-state index contributed by atoms with van der Waals surface area (Å²) in [6.45, 7) is 1.23. The van der Waals surface area contributed by atoms with Crippen LogP contribution in [0.1, 0.15) is 17.7 Å². The molecule has 0 amide bonds. The van der Waals surface area contributed by atoms with Crippen molar-refractivity contribution in [3.8, 4) is 11.7 Å². The Hall–Kier alpha value is -1.92. The highest BCUT2D eigenvalue weighted by molar-refractivity contribution is 5.39. The van der Waals surface area contributed by atoms with Crippen molar-refractivity contribution in [3.63, 3.8) is 0 Å². The first kappa shape index (κ1) is 11.9. The minimum absolute atomic E-state index is 0.136. The standard InChI is InChI=1S/C14H15N3O3/c18-13-10-9-14(19-7-8-20-14)5-4-11(10)16-17(13)12-3-1-2-6-15-12/h1-3,6,18H,4-5,7-9H2. The fourth-order valence-corrected chi connectivity index (χ4v) is 2.92. The van der Waals surface area contributed by atoms with Crippen LogP contribution >= 0.6 is 0 Å². The van der Waals surface area contributed by atoms with Crippen LogP contribution in [0.4, 0.5) is 0 Å². The Morgan fingerprint density at radius 1 is 1.25 bits per heavy atom. The molecule has 2 aromatic heterocycles. The number of hydrogen-bond donors (Lipinski definition) is 1. The zero-order valence-electron chi connectivity index (χ0n) is 11.0. The third-order valence-electron chi connectivity index (χ3n) is 3.91. The summed E-state index contributed by atoms with van der Waals surface area (Å²) in [6, 6.07) is 5.52. The third-order valence-corrected chi connectivity index (χ3v) is 3.91. The Morgan fingerprint density at radius 3 is 2.85 bits per heavy atom. The van der Waals surface area contributed by atoms with E-state index in [-0.39, 0.29) is 5.88 Å². The second-order valence-corrected chi connectivity index (χ2v) is 5.13. The zero-order chi connectivity index (χ0) is 13.6. The summed E-state index contributed by atoms with van der Waals surface area (Å²) >= 11 is 0. The van der Waals surface area contributed by atoms with Crippen molar-refractivity contribution in [2.45, 2.75) is 25.0 Å². The molecule has 1 aliphatic heterocycles. The molecule has 0 bridgehead atoms. The van der Waals surface area contributed by atoms with Crippen molar-refractivity contribution in [3.05, 3.63) is 35.7 Å². The van der Waals surface area contributed by atoms with Crippen molar-refractivity contribution in [2.75, 3.05) is 13.2 Å². The molecule has 3 heterocycles. The van der Waals surface area contributed by atoms with Crippen LogP contribution in [0, 0.1) is 0 Å². The van der Waals surface area contributed by atoms with Gasteiger partial charge in [-0.25, -0.2) is 4.98 Å². The van der Waals surface area contributed by atoms with Crippen LogP contribution in [-0.4, -0.2) is 38.9 Å². The maximum Gasteiger partial charge on any atom is 0.219 e. The number of aryl methyl sites for hydroxylation is 1. The Balaban J connectivity index is 1.75. The van der Waals surface area contributed by atoms with Gasteiger partial charge in [0.05, 0.1) is 18.9 Å². The summed E-state index contributed by atoms with van der Waals surface area (Å²) in [7, 11) is 0. The molecule has 2 aromatic rings. The van der Waals surface area contributed by atoms with Gasteiger partial charge in [0.15, 0.2) is 11.6 Å². The first-order valence-electron chi connectivity index (χ1n) is 6.76. The van der Waals surface area contributed by atoms with E-state index in [1.165, 1.54) is 4.68 Å². The lowest BCUT2D eigenvalue weighted by atomic mass is 9.92. The Kier molecular flexibility index (Phi) is 2.55. The van der Waals surface area contributed by atoms with Crippen LogP contribution in [0.15, 0.2) is 24.4 Å². The van der Waals surface area contributed by atoms with E-state index in [0.717, 1.165) is 24.1 Å². The minimum atomic E-state index is -0.567. The monoisotopic (exact) mass is 273 g/mol. The van der Waals surface area contributed by atoms with Gasteiger partial charge in [0, 0.05) is 24.6 Å². The molecule has 1 N–H and O–H groups in total. The van der Waals surface area contributed by atoms with Gasteiger partial charge in [-0.1, -0.05) is 6.07 Å². The summed E-state index contributed by atoms with van der Waals surface area (Å²) < 4.78 is 12.9. The molecule has 20 heavy (non-hydrogen) atoms. The van der Waals surface area contributed by atoms with Crippen LogP contribution in [0.2, 0.25) is 0 Å². The maximum atomic E-state index is 10.4. The third kappa shape index (κ3) is 1.72. The molecule has 1 saturated heterocycles. The van der Waals surface area contributed by atoms with E-state index in [4.69, 9.17) is 9.47 Å². The second-order valence-electron chi connectivity index (χ2n) is 5.13. The molecule has 0 radical (unpaired) electrons. The second kappa shape index (κ2) is 4.29. The van der Waals surface area contributed by atoms with E-state index < -0.39 is 5.79 Å². The fraction of sp³-hybridized carbons (Fsp3) is 0.429. The number of pyridine rings is 1. The lowest BCUT2D eigenvalue weighted by Gasteiger charge is -2.30. The Morgan fingerprint density at radius 2 is 2.10 bits per heavy atom. The molecule has 0 aromatic carbocycles. The van der Waals surface area contributed by atoms with E-state index in [2.05, 4.69) is 10.1 Å². The molecule has 2 aliphatic rings. The van der Waals surface area contributed by atoms with Crippen molar-refractivity contribution in [1.29, 1.82) is 0 Å². The molecule has 4 rings (SSSR count). The number of fused-ring (bicyclic) bond motifs is 1. The highest BCUT2D eigenvalue weighted by Gasteiger charge is 2.42. The SMILES string of the molecule is Oc1c2c(nn1-c1ccccn1)CCC1(C2)OCCO1. The van der Waals surface area contributed by atoms with Crippen LogP contribution in [0.5, 0.6) is 5.88 Å². The van der Waals surface area contributed by atoms with E-state index >= 15 is 0 Å². The van der Waals surface area contributed by atoms with Gasteiger partial charge in [0.25, 0.3) is 0 Å². The first-order valence-corrected chi connectivity index (χ1v) is 6.76. The summed E-state index contributed by atoms with van der Waals surface area (Å²) in [5.74, 6) is 0.182. The quantitative estimate of drug-likeness (QED) is 0.845. The zero-order valence-corrected chi connectivity index (χ0v) is 11.0. The molecule has 6 heteroatoms. The topological polar surface area (TPSA) is 69.4 Å². The molecule has 1 spiro atoms. The van der Waals surface area contributed by atoms with Crippen molar-refractivity contribution >= 4 is 0 Å². The van der Waals surface area contributed by atoms with E-state index in [1.54, 1.807) is 6.20 Å². The summed E-state index contributed by atoms with van der Waals surface area (Å²) in [5.41, 5.74) is 1.71. The lowest BCUT2D eigenvalue weighted by Crippen LogP contribution is -2.36. The normalized spacial score (nSPS) is 20.2. The first-order chi connectivity index (χ1) is 9.77. The number of ether oxygens (including phenoxy) is 2. The van der Waals surface area contributed by atoms with Crippen molar-refractivity contribution in [2.24, 2.45) is 0 Å². The number of rotatable bonds is 1. The molecule has 6 nitrogen and oxygen atoms in total. The molecule has 0 saturated carbocycles. The van der Waals surface area contributed by atoms with Crippen LogP contribution in [0.3, 0.4) is 0 Å². The van der Waals surface area contributed by atoms with Crippen molar-refractivity contribution in [1.82, 2.24) is 14.8 Å². The van der Waals surface area contributed by atoms with E-state index in [9.17, 15) is 5.11 Å². The molecule has 0 atom stereocenters. The number of nitrogens with zero attached hydrogens (tertiary/aromatic N) is 3. The fourth-order valence-electron chi connectivity index (χ4n) is 2.92. The van der Waals surface area contributed by atoms with E-state index in [1.807, 2.05) is 18.2 Å². The summed E-state index contributed by atoms with van der Waals surface area (Å²) in [5, 5.41) is 14.9. The maximum absolute atomic E-state index is 10.4. The highest BCUT2D eigenvalue weighted by atomic mass is 16.7. The average molecular weight is 273 g/mol. The predicted octanol–water partition coefficient (Wildman–Crippen LogP) is 1.20. The molecular weight excluding hydrogens is 258 g/mol. The van der Waals surface area contributed by atoms with Gasteiger partial charge >= 0.3 is 0 Å².